The molecule has 1 aromatic carbocycles. The number of hydrogen-bond acceptors (Lipinski definition) is 3. The van der Waals surface area contributed by atoms with Crippen LogP contribution in [-0.4, -0.2) is 17.0 Å². The summed E-state index contributed by atoms with van der Waals surface area (Å²) in [5, 5.41) is 0.552. The molecule has 2 N–H and O–H groups in total. The summed E-state index contributed by atoms with van der Waals surface area (Å²) >= 11 is 11.1. The second kappa shape index (κ2) is 5.33. The van der Waals surface area contributed by atoms with Crippen molar-refractivity contribution in [3.05, 3.63) is 53.3 Å². The van der Waals surface area contributed by atoms with Crippen LogP contribution in [0.2, 0.25) is 5.02 Å². The second-order valence-electron chi connectivity index (χ2n) is 3.80. The Kier molecular flexibility index (Phi) is 3.79. The molecule has 0 aliphatic heterocycles. The summed E-state index contributed by atoms with van der Waals surface area (Å²) in [7, 11) is 1.95. The minimum absolute atomic E-state index is 0.301. The average Bonchev–Trinajstić information content (AvgIpc) is 2.38. The van der Waals surface area contributed by atoms with Crippen LogP contribution in [0.25, 0.3) is 0 Å². The standard InChI is InChI=1S/C13H12ClN3S/c1-17(10-3-2-6-16-8-10)9-4-5-11(13(15)18)12(14)7-9/h2-8H,1H3,(H2,15,18). The van der Waals surface area contributed by atoms with Crippen LogP contribution >= 0.6 is 23.8 Å². The fourth-order valence-electron chi connectivity index (χ4n) is 1.61. The molecule has 92 valence electrons. The average molecular weight is 278 g/mol. The second-order valence-corrected chi connectivity index (χ2v) is 4.65. The Hall–Kier alpha value is -1.65. The van der Waals surface area contributed by atoms with Gasteiger partial charge in [-0.15, -0.1) is 0 Å². The third-order valence-corrected chi connectivity index (χ3v) is 3.17. The van der Waals surface area contributed by atoms with E-state index in [2.05, 4.69) is 4.98 Å². The molecule has 5 heteroatoms. The maximum Gasteiger partial charge on any atom is 0.105 e. The number of nitrogens with two attached hydrogens (primary N) is 1. The predicted octanol–water partition coefficient (Wildman–Crippen LogP) is 3.14. The van der Waals surface area contributed by atoms with Crippen molar-refractivity contribution in [1.29, 1.82) is 0 Å². The van der Waals surface area contributed by atoms with Gasteiger partial charge in [-0.3, -0.25) is 4.98 Å². The molecule has 2 aromatic rings. The first kappa shape index (κ1) is 12.8. The monoisotopic (exact) mass is 277 g/mol. The van der Waals surface area contributed by atoms with E-state index < -0.39 is 0 Å². The number of pyridine rings is 1. The van der Waals surface area contributed by atoms with E-state index in [9.17, 15) is 0 Å². The molecule has 0 saturated carbocycles. The zero-order valence-corrected chi connectivity index (χ0v) is 11.4. The number of rotatable bonds is 3. The van der Waals surface area contributed by atoms with Gasteiger partial charge in [-0.25, -0.2) is 0 Å². The number of aromatic nitrogens is 1. The Morgan fingerprint density at radius 1 is 1.33 bits per heavy atom. The van der Waals surface area contributed by atoms with E-state index in [1.807, 2.05) is 42.3 Å². The number of benzene rings is 1. The summed E-state index contributed by atoms with van der Waals surface area (Å²) in [6.07, 6.45) is 3.52. The van der Waals surface area contributed by atoms with Crippen molar-refractivity contribution in [2.45, 2.75) is 0 Å². The van der Waals surface area contributed by atoms with Crippen molar-refractivity contribution < 1.29 is 0 Å². The highest BCUT2D eigenvalue weighted by Gasteiger charge is 2.08. The van der Waals surface area contributed by atoms with Gasteiger partial charge in [0.05, 0.1) is 16.9 Å². The first-order chi connectivity index (χ1) is 8.59. The van der Waals surface area contributed by atoms with Gasteiger partial charge in [0.15, 0.2) is 0 Å². The molecule has 0 aliphatic rings. The lowest BCUT2D eigenvalue weighted by Gasteiger charge is -2.19. The molecule has 0 unspecified atom stereocenters. The van der Waals surface area contributed by atoms with Crippen molar-refractivity contribution in [2.75, 3.05) is 11.9 Å². The van der Waals surface area contributed by atoms with E-state index in [4.69, 9.17) is 29.6 Å². The minimum Gasteiger partial charge on any atom is -0.389 e. The maximum absolute atomic E-state index is 6.15. The molecule has 2 rings (SSSR count). The summed E-state index contributed by atoms with van der Waals surface area (Å²) in [5.74, 6) is 0. The van der Waals surface area contributed by atoms with Gasteiger partial charge in [0, 0.05) is 24.5 Å². The minimum atomic E-state index is 0.301. The van der Waals surface area contributed by atoms with E-state index in [1.165, 1.54) is 0 Å². The predicted molar refractivity (Wildman–Crippen MR) is 79.6 cm³/mol. The third kappa shape index (κ3) is 2.60. The molecule has 0 radical (unpaired) electrons. The van der Waals surface area contributed by atoms with Crippen molar-refractivity contribution in [1.82, 2.24) is 4.98 Å². The van der Waals surface area contributed by atoms with Gasteiger partial charge in [-0.05, 0) is 30.3 Å². The van der Waals surface area contributed by atoms with E-state index in [0.29, 0.717) is 15.6 Å². The maximum atomic E-state index is 6.15. The lowest BCUT2D eigenvalue weighted by atomic mass is 10.2. The van der Waals surface area contributed by atoms with E-state index >= 15 is 0 Å². The quantitative estimate of drug-likeness (QED) is 0.875. The first-order valence-corrected chi connectivity index (χ1v) is 6.11. The summed E-state index contributed by atoms with van der Waals surface area (Å²) in [4.78, 5) is 6.37. The zero-order valence-electron chi connectivity index (χ0n) is 9.80. The van der Waals surface area contributed by atoms with Crippen LogP contribution in [0.5, 0.6) is 0 Å². The van der Waals surface area contributed by atoms with Crippen LogP contribution in [0.1, 0.15) is 5.56 Å². The lowest BCUT2D eigenvalue weighted by Crippen LogP contribution is -2.12. The number of thiocarbonyl (C=S) groups is 1. The molecule has 1 heterocycles. The van der Waals surface area contributed by atoms with Gasteiger partial charge in [-0.2, -0.15) is 0 Å². The van der Waals surface area contributed by atoms with Crippen LogP contribution in [0, 0.1) is 0 Å². The SMILES string of the molecule is CN(c1cccnc1)c1ccc(C(N)=S)c(Cl)c1. The fraction of sp³-hybridized carbons (Fsp3) is 0.0769. The Balaban J connectivity index is 2.35. The normalized spacial score (nSPS) is 10.1. The summed E-state index contributed by atoms with van der Waals surface area (Å²) in [6, 6.07) is 9.45. The van der Waals surface area contributed by atoms with Crippen molar-refractivity contribution in [3.8, 4) is 0 Å². The van der Waals surface area contributed by atoms with E-state index in [-0.39, 0.29) is 0 Å². The Bertz CT molecular complexity index is 572. The molecule has 18 heavy (non-hydrogen) atoms. The van der Waals surface area contributed by atoms with Gasteiger partial charge in [0.25, 0.3) is 0 Å². The van der Waals surface area contributed by atoms with Crippen LogP contribution < -0.4 is 10.6 Å². The fourth-order valence-corrected chi connectivity index (χ4v) is 2.12. The molecule has 0 spiro atoms. The molecule has 0 fully saturated rings. The van der Waals surface area contributed by atoms with Gasteiger partial charge in [0.2, 0.25) is 0 Å². The van der Waals surface area contributed by atoms with Crippen molar-refractivity contribution in [2.24, 2.45) is 5.73 Å². The van der Waals surface area contributed by atoms with Gasteiger partial charge < -0.3 is 10.6 Å². The molecule has 1 aromatic heterocycles. The Morgan fingerprint density at radius 2 is 2.11 bits per heavy atom. The highest BCUT2D eigenvalue weighted by Crippen LogP contribution is 2.27. The third-order valence-electron chi connectivity index (χ3n) is 2.64. The number of anilines is 2. The molecule has 0 atom stereocenters. The lowest BCUT2D eigenvalue weighted by molar-refractivity contribution is 1.17. The van der Waals surface area contributed by atoms with Crippen LogP contribution in [0.15, 0.2) is 42.7 Å². The summed E-state index contributed by atoms with van der Waals surface area (Å²) < 4.78 is 0. The van der Waals surface area contributed by atoms with Crippen molar-refractivity contribution >= 4 is 40.2 Å². The van der Waals surface area contributed by atoms with Crippen LogP contribution in [0.3, 0.4) is 0 Å². The van der Waals surface area contributed by atoms with Gasteiger partial charge >= 0.3 is 0 Å². The number of nitrogens with zero attached hydrogens (tertiary/aromatic N) is 2. The highest BCUT2D eigenvalue weighted by atomic mass is 35.5. The molecule has 0 aliphatic carbocycles. The van der Waals surface area contributed by atoms with Crippen molar-refractivity contribution in [3.63, 3.8) is 0 Å². The number of hydrogen-bond donors (Lipinski definition) is 1. The molecule has 0 saturated heterocycles. The Morgan fingerprint density at radius 3 is 2.67 bits per heavy atom. The molecule has 3 nitrogen and oxygen atoms in total. The van der Waals surface area contributed by atoms with Crippen LogP contribution in [0.4, 0.5) is 11.4 Å². The largest absolute Gasteiger partial charge is 0.389 e. The summed E-state index contributed by atoms with van der Waals surface area (Å²) in [6.45, 7) is 0. The number of halogens is 1. The van der Waals surface area contributed by atoms with E-state index in [0.717, 1.165) is 11.4 Å². The van der Waals surface area contributed by atoms with Gasteiger partial charge in [0.1, 0.15) is 4.99 Å². The molecule has 0 amide bonds. The first-order valence-electron chi connectivity index (χ1n) is 5.32. The van der Waals surface area contributed by atoms with Gasteiger partial charge in [-0.1, -0.05) is 23.8 Å². The molecule has 0 bridgehead atoms. The summed E-state index contributed by atoms with van der Waals surface area (Å²) in [5.41, 5.74) is 8.20. The zero-order chi connectivity index (χ0) is 13.1. The Labute approximate surface area is 116 Å². The topological polar surface area (TPSA) is 42.2 Å². The van der Waals surface area contributed by atoms with Crippen LogP contribution in [-0.2, 0) is 0 Å². The highest BCUT2D eigenvalue weighted by molar-refractivity contribution is 7.80. The smallest absolute Gasteiger partial charge is 0.105 e. The molecular formula is C13H12ClN3S. The van der Waals surface area contributed by atoms with E-state index in [1.54, 1.807) is 12.4 Å². The molecular weight excluding hydrogens is 266 g/mol.